The molecule has 18 heavy (non-hydrogen) atoms. The van der Waals surface area contributed by atoms with Crippen molar-refractivity contribution in [3.63, 3.8) is 0 Å². The topological polar surface area (TPSA) is 55.4 Å². The van der Waals surface area contributed by atoms with Crippen molar-refractivity contribution >= 4 is 29.3 Å². The fraction of sp³-hybridized carbons (Fsp3) is 0.385. The van der Waals surface area contributed by atoms with Gasteiger partial charge in [-0.2, -0.15) is 0 Å². The van der Waals surface area contributed by atoms with Gasteiger partial charge in [0.2, 0.25) is 5.91 Å². The maximum Gasteiger partial charge on any atom is 0.348 e. The van der Waals surface area contributed by atoms with Crippen molar-refractivity contribution < 1.29 is 14.3 Å². The average molecular weight is 267 g/mol. The molecule has 1 aromatic rings. The lowest BCUT2D eigenvalue weighted by Gasteiger charge is -1.96. The van der Waals surface area contributed by atoms with Crippen LogP contribution >= 0.6 is 11.3 Å². The van der Waals surface area contributed by atoms with Crippen LogP contribution in [0.1, 0.15) is 34.8 Å². The average Bonchev–Trinajstić information content (AvgIpc) is 2.77. The summed E-state index contributed by atoms with van der Waals surface area (Å²) in [6, 6.07) is 3.64. The van der Waals surface area contributed by atoms with Gasteiger partial charge in [0.15, 0.2) is 0 Å². The second kappa shape index (κ2) is 7.66. The summed E-state index contributed by atoms with van der Waals surface area (Å²) < 4.78 is 4.91. The van der Waals surface area contributed by atoms with Crippen molar-refractivity contribution in [3.8, 4) is 0 Å². The third kappa shape index (κ3) is 5.14. The summed E-state index contributed by atoms with van der Waals surface area (Å²) in [7, 11) is 0. The minimum Gasteiger partial charge on any atom is -0.462 e. The van der Waals surface area contributed by atoms with Gasteiger partial charge in [-0.1, -0.05) is 6.08 Å². The number of hydrogen-bond donors (Lipinski definition) is 1. The third-order valence-electron chi connectivity index (χ3n) is 2.07. The molecule has 0 aliphatic heterocycles. The summed E-state index contributed by atoms with van der Waals surface area (Å²) in [4.78, 5) is 23.7. The number of carbonyl (C=O) groups is 2. The second-order valence-corrected chi connectivity index (χ2v) is 4.71. The van der Waals surface area contributed by atoms with E-state index in [9.17, 15) is 9.59 Å². The maximum atomic E-state index is 11.4. The van der Waals surface area contributed by atoms with E-state index in [1.165, 1.54) is 18.3 Å². The van der Waals surface area contributed by atoms with Crippen LogP contribution in [0.2, 0.25) is 0 Å². The molecule has 1 amide bonds. The van der Waals surface area contributed by atoms with Gasteiger partial charge in [-0.3, -0.25) is 4.79 Å². The van der Waals surface area contributed by atoms with E-state index in [1.807, 2.05) is 18.2 Å². The van der Waals surface area contributed by atoms with Gasteiger partial charge >= 0.3 is 5.97 Å². The fourth-order valence-electron chi connectivity index (χ4n) is 1.29. The summed E-state index contributed by atoms with van der Waals surface area (Å²) in [5.41, 5.74) is 0. The fourth-order valence-corrected chi connectivity index (χ4v) is 2.12. The molecule has 1 N–H and O–H groups in total. The first-order valence-electron chi connectivity index (χ1n) is 5.81. The van der Waals surface area contributed by atoms with Crippen LogP contribution in [-0.4, -0.2) is 25.0 Å². The van der Waals surface area contributed by atoms with E-state index in [4.69, 9.17) is 4.74 Å². The molecule has 5 heteroatoms. The molecule has 0 saturated carbocycles. The van der Waals surface area contributed by atoms with E-state index in [-0.39, 0.29) is 11.9 Å². The molecular formula is C13H17NO3S. The zero-order chi connectivity index (χ0) is 13.4. The SMILES string of the molecule is CCOC(=O)c1ccc(C=CCCNC(C)=O)s1. The van der Waals surface area contributed by atoms with Gasteiger partial charge in [0.25, 0.3) is 0 Å². The van der Waals surface area contributed by atoms with Crippen molar-refractivity contribution in [3.05, 3.63) is 28.0 Å². The first-order valence-corrected chi connectivity index (χ1v) is 6.63. The molecule has 0 bridgehead atoms. The van der Waals surface area contributed by atoms with Crippen molar-refractivity contribution in [2.45, 2.75) is 20.3 Å². The number of nitrogens with one attached hydrogen (secondary N) is 1. The van der Waals surface area contributed by atoms with Gasteiger partial charge < -0.3 is 10.1 Å². The summed E-state index contributed by atoms with van der Waals surface area (Å²) in [5.74, 6) is -0.301. The Labute approximate surface area is 111 Å². The standard InChI is InChI=1S/C13H17NO3S/c1-3-17-13(16)12-8-7-11(18-12)6-4-5-9-14-10(2)15/h4,6-8H,3,5,9H2,1-2H3,(H,14,15). The van der Waals surface area contributed by atoms with E-state index < -0.39 is 0 Å². The highest BCUT2D eigenvalue weighted by molar-refractivity contribution is 7.14. The summed E-state index contributed by atoms with van der Waals surface area (Å²) in [6.45, 7) is 4.30. The first-order chi connectivity index (χ1) is 8.63. The van der Waals surface area contributed by atoms with Crippen LogP contribution in [0.3, 0.4) is 0 Å². The minimum absolute atomic E-state index is 0.0240. The zero-order valence-electron chi connectivity index (χ0n) is 10.6. The number of thiophene rings is 1. The van der Waals surface area contributed by atoms with Crippen LogP contribution < -0.4 is 5.32 Å². The molecule has 0 radical (unpaired) electrons. The molecule has 0 aromatic carbocycles. The quantitative estimate of drug-likeness (QED) is 0.636. The van der Waals surface area contributed by atoms with Crippen LogP contribution in [0.4, 0.5) is 0 Å². The molecule has 1 aromatic heterocycles. The smallest absolute Gasteiger partial charge is 0.348 e. The van der Waals surface area contributed by atoms with Gasteiger partial charge in [-0.05, 0) is 31.6 Å². The number of esters is 1. The monoisotopic (exact) mass is 267 g/mol. The molecular weight excluding hydrogens is 250 g/mol. The van der Waals surface area contributed by atoms with Gasteiger partial charge in [-0.15, -0.1) is 11.3 Å². The van der Waals surface area contributed by atoms with E-state index in [0.717, 1.165) is 11.3 Å². The molecule has 0 spiro atoms. The Hall–Kier alpha value is -1.62. The predicted molar refractivity (Wildman–Crippen MR) is 72.6 cm³/mol. The second-order valence-electron chi connectivity index (χ2n) is 3.60. The molecule has 0 aliphatic rings. The van der Waals surface area contributed by atoms with Crippen LogP contribution in [0.15, 0.2) is 18.2 Å². The number of ether oxygens (including phenoxy) is 1. The van der Waals surface area contributed by atoms with Gasteiger partial charge in [0, 0.05) is 18.3 Å². The summed E-state index contributed by atoms with van der Waals surface area (Å²) in [6.07, 6.45) is 4.68. The Morgan fingerprint density at radius 2 is 2.22 bits per heavy atom. The van der Waals surface area contributed by atoms with Crippen LogP contribution in [0.25, 0.3) is 6.08 Å². The lowest BCUT2D eigenvalue weighted by Crippen LogP contribution is -2.20. The molecule has 0 saturated heterocycles. The molecule has 98 valence electrons. The van der Waals surface area contributed by atoms with Crippen LogP contribution in [0.5, 0.6) is 0 Å². The largest absolute Gasteiger partial charge is 0.462 e. The van der Waals surface area contributed by atoms with Gasteiger partial charge in [0.1, 0.15) is 4.88 Å². The van der Waals surface area contributed by atoms with E-state index in [1.54, 1.807) is 13.0 Å². The minimum atomic E-state index is -0.277. The van der Waals surface area contributed by atoms with Crippen molar-refractivity contribution in [2.75, 3.05) is 13.2 Å². The van der Waals surface area contributed by atoms with E-state index in [0.29, 0.717) is 18.0 Å². The van der Waals surface area contributed by atoms with Crippen molar-refractivity contribution in [1.82, 2.24) is 5.32 Å². The van der Waals surface area contributed by atoms with Crippen molar-refractivity contribution in [1.29, 1.82) is 0 Å². The zero-order valence-corrected chi connectivity index (χ0v) is 11.4. The summed E-state index contributed by atoms with van der Waals surface area (Å²) >= 11 is 1.40. The first kappa shape index (κ1) is 14.4. The highest BCUT2D eigenvalue weighted by atomic mass is 32.1. The highest BCUT2D eigenvalue weighted by Crippen LogP contribution is 2.18. The number of hydrogen-bond acceptors (Lipinski definition) is 4. The van der Waals surface area contributed by atoms with Crippen molar-refractivity contribution in [2.24, 2.45) is 0 Å². The molecule has 0 unspecified atom stereocenters. The van der Waals surface area contributed by atoms with Crippen LogP contribution in [-0.2, 0) is 9.53 Å². The molecule has 1 heterocycles. The normalized spacial score (nSPS) is 10.6. The van der Waals surface area contributed by atoms with Gasteiger partial charge in [0.05, 0.1) is 6.61 Å². The summed E-state index contributed by atoms with van der Waals surface area (Å²) in [5, 5.41) is 2.71. The molecule has 0 atom stereocenters. The predicted octanol–water partition coefficient (Wildman–Crippen LogP) is 2.46. The Balaban J connectivity index is 2.41. The Morgan fingerprint density at radius 3 is 2.89 bits per heavy atom. The highest BCUT2D eigenvalue weighted by Gasteiger charge is 2.08. The Morgan fingerprint density at radius 1 is 1.44 bits per heavy atom. The number of amides is 1. The maximum absolute atomic E-state index is 11.4. The lowest BCUT2D eigenvalue weighted by atomic mass is 10.3. The molecule has 0 fully saturated rings. The number of carbonyl (C=O) groups excluding carboxylic acids is 2. The number of rotatable bonds is 6. The van der Waals surface area contributed by atoms with Crippen LogP contribution in [0, 0.1) is 0 Å². The van der Waals surface area contributed by atoms with Gasteiger partial charge in [-0.25, -0.2) is 4.79 Å². The molecule has 4 nitrogen and oxygen atoms in total. The molecule has 0 aliphatic carbocycles. The Kier molecular flexibility index (Phi) is 6.14. The Bertz CT molecular complexity index is 437. The molecule has 1 rings (SSSR count). The lowest BCUT2D eigenvalue weighted by molar-refractivity contribution is -0.118. The van der Waals surface area contributed by atoms with E-state index >= 15 is 0 Å². The van der Waals surface area contributed by atoms with E-state index in [2.05, 4.69) is 5.32 Å². The third-order valence-corrected chi connectivity index (χ3v) is 3.10.